The van der Waals surface area contributed by atoms with Crippen molar-refractivity contribution >= 4 is 15.9 Å². The fourth-order valence-electron chi connectivity index (χ4n) is 2.14. The molecule has 0 radical (unpaired) electrons. The smallest absolute Gasteiger partial charge is 0.122 e. The molecule has 1 aromatic rings. The van der Waals surface area contributed by atoms with Gasteiger partial charge in [-0.1, -0.05) is 35.3 Å². The van der Waals surface area contributed by atoms with Crippen LogP contribution in [-0.4, -0.2) is 12.4 Å². The average molecular weight is 285 g/mol. The van der Waals surface area contributed by atoms with E-state index >= 15 is 0 Å². The van der Waals surface area contributed by atoms with Gasteiger partial charge in [0.15, 0.2) is 0 Å². The molecular formula is C14H21BrO. The molecule has 1 nitrogen and oxygen atoms in total. The van der Waals surface area contributed by atoms with Crippen LogP contribution in [0.25, 0.3) is 0 Å². The van der Waals surface area contributed by atoms with Gasteiger partial charge in [-0.2, -0.15) is 0 Å². The SMILES string of the molecule is CCCC(CBr)c1cc(C)c(OC)cc1C. The van der Waals surface area contributed by atoms with Crippen LogP contribution < -0.4 is 4.74 Å². The zero-order chi connectivity index (χ0) is 12.1. The zero-order valence-corrected chi connectivity index (χ0v) is 12.2. The molecule has 0 heterocycles. The predicted molar refractivity (Wildman–Crippen MR) is 73.9 cm³/mol. The minimum absolute atomic E-state index is 0.620. The molecular weight excluding hydrogens is 264 g/mol. The van der Waals surface area contributed by atoms with Crippen molar-refractivity contribution in [1.82, 2.24) is 0 Å². The van der Waals surface area contributed by atoms with E-state index in [-0.39, 0.29) is 0 Å². The quantitative estimate of drug-likeness (QED) is 0.719. The van der Waals surface area contributed by atoms with Gasteiger partial charge in [0.25, 0.3) is 0 Å². The summed E-state index contributed by atoms with van der Waals surface area (Å²) in [4.78, 5) is 0. The number of benzene rings is 1. The van der Waals surface area contributed by atoms with E-state index in [9.17, 15) is 0 Å². The minimum atomic E-state index is 0.620. The molecule has 0 N–H and O–H groups in total. The summed E-state index contributed by atoms with van der Waals surface area (Å²) in [6.07, 6.45) is 2.46. The Hall–Kier alpha value is -0.500. The summed E-state index contributed by atoms with van der Waals surface area (Å²) < 4.78 is 5.34. The van der Waals surface area contributed by atoms with Gasteiger partial charge in [0.2, 0.25) is 0 Å². The Morgan fingerprint density at radius 1 is 1.25 bits per heavy atom. The number of methoxy groups -OCH3 is 1. The topological polar surface area (TPSA) is 9.23 Å². The minimum Gasteiger partial charge on any atom is -0.496 e. The third-order valence-corrected chi connectivity index (χ3v) is 3.83. The first-order valence-corrected chi connectivity index (χ1v) is 6.97. The summed E-state index contributed by atoms with van der Waals surface area (Å²) in [7, 11) is 1.73. The van der Waals surface area contributed by atoms with E-state index in [1.807, 2.05) is 0 Å². The molecule has 16 heavy (non-hydrogen) atoms. The molecule has 0 aromatic heterocycles. The van der Waals surface area contributed by atoms with Gasteiger partial charge in [-0.25, -0.2) is 0 Å². The molecule has 0 aliphatic carbocycles. The maximum Gasteiger partial charge on any atom is 0.122 e. The second-order valence-electron chi connectivity index (χ2n) is 4.32. The van der Waals surface area contributed by atoms with E-state index in [1.54, 1.807) is 7.11 Å². The van der Waals surface area contributed by atoms with Crippen molar-refractivity contribution in [2.45, 2.75) is 39.5 Å². The van der Waals surface area contributed by atoms with Gasteiger partial charge in [0, 0.05) is 5.33 Å². The lowest BCUT2D eigenvalue weighted by Crippen LogP contribution is -2.03. The Morgan fingerprint density at radius 2 is 1.94 bits per heavy atom. The van der Waals surface area contributed by atoms with Crippen LogP contribution in [0.4, 0.5) is 0 Å². The molecule has 0 fully saturated rings. The molecule has 90 valence electrons. The maximum atomic E-state index is 5.34. The van der Waals surface area contributed by atoms with Gasteiger partial charge < -0.3 is 4.74 Å². The number of alkyl halides is 1. The number of rotatable bonds is 5. The zero-order valence-electron chi connectivity index (χ0n) is 10.6. The lowest BCUT2D eigenvalue weighted by molar-refractivity contribution is 0.411. The molecule has 1 atom stereocenters. The van der Waals surface area contributed by atoms with E-state index in [4.69, 9.17) is 4.74 Å². The van der Waals surface area contributed by atoms with Crippen molar-refractivity contribution in [3.8, 4) is 5.75 Å². The van der Waals surface area contributed by atoms with Crippen molar-refractivity contribution in [2.75, 3.05) is 12.4 Å². The molecule has 0 aliphatic heterocycles. The van der Waals surface area contributed by atoms with Gasteiger partial charge in [-0.3, -0.25) is 0 Å². The van der Waals surface area contributed by atoms with Crippen molar-refractivity contribution in [1.29, 1.82) is 0 Å². The number of ether oxygens (including phenoxy) is 1. The standard InChI is InChI=1S/C14H21BrO/c1-5-6-12(9-15)13-7-11(3)14(16-4)8-10(13)2/h7-8,12H,5-6,9H2,1-4H3. The van der Waals surface area contributed by atoms with Crippen LogP contribution in [0.5, 0.6) is 5.75 Å². The lowest BCUT2D eigenvalue weighted by atomic mass is 9.91. The van der Waals surface area contributed by atoms with Crippen molar-refractivity contribution in [2.24, 2.45) is 0 Å². The Bertz CT molecular complexity index is 347. The highest BCUT2D eigenvalue weighted by atomic mass is 79.9. The molecule has 2 heteroatoms. The van der Waals surface area contributed by atoms with E-state index in [1.165, 1.54) is 29.5 Å². The largest absolute Gasteiger partial charge is 0.496 e. The highest BCUT2D eigenvalue weighted by Crippen LogP contribution is 2.31. The molecule has 1 unspecified atom stereocenters. The molecule has 0 saturated heterocycles. The molecule has 0 saturated carbocycles. The lowest BCUT2D eigenvalue weighted by Gasteiger charge is -2.18. The summed E-state index contributed by atoms with van der Waals surface area (Å²) in [5.74, 6) is 1.61. The van der Waals surface area contributed by atoms with Crippen molar-refractivity contribution in [3.63, 3.8) is 0 Å². The summed E-state index contributed by atoms with van der Waals surface area (Å²) in [5, 5.41) is 1.04. The number of aryl methyl sites for hydroxylation is 2. The molecule has 0 aliphatic rings. The van der Waals surface area contributed by atoms with Gasteiger partial charge >= 0.3 is 0 Å². The third kappa shape index (κ3) is 3.00. The maximum absolute atomic E-state index is 5.34. The fraction of sp³-hybridized carbons (Fsp3) is 0.571. The number of halogens is 1. The highest BCUT2D eigenvalue weighted by molar-refractivity contribution is 9.09. The first-order chi connectivity index (χ1) is 7.63. The van der Waals surface area contributed by atoms with Crippen LogP contribution in [0.2, 0.25) is 0 Å². The van der Waals surface area contributed by atoms with E-state index < -0.39 is 0 Å². The van der Waals surface area contributed by atoms with Crippen LogP contribution in [0.1, 0.15) is 42.4 Å². The van der Waals surface area contributed by atoms with Crippen LogP contribution >= 0.6 is 15.9 Å². The summed E-state index contributed by atoms with van der Waals surface area (Å²) >= 11 is 3.62. The molecule has 0 bridgehead atoms. The number of hydrogen-bond donors (Lipinski definition) is 0. The summed E-state index contributed by atoms with van der Waals surface area (Å²) in [6.45, 7) is 6.52. The summed E-state index contributed by atoms with van der Waals surface area (Å²) in [6, 6.07) is 4.42. The second kappa shape index (κ2) is 6.29. The normalized spacial score (nSPS) is 12.6. The molecule has 1 aromatic carbocycles. The Kier molecular flexibility index (Phi) is 5.33. The van der Waals surface area contributed by atoms with E-state index in [0.717, 1.165) is 11.1 Å². The average Bonchev–Trinajstić information content (AvgIpc) is 2.28. The second-order valence-corrected chi connectivity index (χ2v) is 4.97. The van der Waals surface area contributed by atoms with Gasteiger partial charge in [0.05, 0.1) is 7.11 Å². The van der Waals surface area contributed by atoms with Gasteiger partial charge in [-0.15, -0.1) is 0 Å². The summed E-state index contributed by atoms with van der Waals surface area (Å²) in [5.41, 5.74) is 4.02. The Labute approximate surface area is 107 Å². The van der Waals surface area contributed by atoms with Gasteiger partial charge in [-0.05, 0) is 48.9 Å². The van der Waals surface area contributed by atoms with Crippen LogP contribution in [0, 0.1) is 13.8 Å². The van der Waals surface area contributed by atoms with Crippen molar-refractivity contribution < 1.29 is 4.74 Å². The highest BCUT2D eigenvalue weighted by Gasteiger charge is 2.13. The fourth-order valence-corrected chi connectivity index (χ4v) is 2.81. The molecule has 0 spiro atoms. The molecule has 0 amide bonds. The van der Waals surface area contributed by atoms with Crippen LogP contribution in [-0.2, 0) is 0 Å². The third-order valence-electron chi connectivity index (χ3n) is 3.05. The van der Waals surface area contributed by atoms with Crippen molar-refractivity contribution in [3.05, 3.63) is 28.8 Å². The Morgan fingerprint density at radius 3 is 2.44 bits per heavy atom. The first-order valence-electron chi connectivity index (χ1n) is 5.85. The van der Waals surface area contributed by atoms with Gasteiger partial charge in [0.1, 0.15) is 5.75 Å². The van der Waals surface area contributed by atoms with Crippen LogP contribution in [0.3, 0.4) is 0 Å². The monoisotopic (exact) mass is 284 g/mol. The number of hydrogen-bond acceptors (Lipinski definition) is 1. The first kappa shape index (κ1) is 13.6. The molecule has 1 rings (SSSR count). The van der Waals surface area contributed by atoms with Crippen LogP contribution in [0.15, 0.2) is 12.1 Å². The van der Waals surface area contributed by atoms with E-state index in [0.29, 0.717) is 5.92 Å². The predicted octanol–water partition coefficient (Wildman–Crippen LogP) is 4.59. The Balaban J connectivity index is 3.08. The van der Waals surface area contributed by atoms with E-state index in [2.05, 4.69) is 48.8 Å².